The molecule has 0 aromatic heterocycles. The molecule has 0 saturated heterocycles. The average molecular weight is 193 g/mol. The van der Waals surface area contributed by atoms with E-state index < -0.39 is 9.28 Å². The normalized spacial score (nSPS) is 11.3. The lowest BCUT2D eigenvalue weighted by atomic mass is 10.2. The highest BCUT2D eigenvalue weighted by Crippen LogP contribution is 2.01. The Labute approximate surface area is 80.7 Å². The van der Waals surface area contributed by atoms with Crippen molar-refractivity contribution in [1.82, 2.24) is 0 Å². The third-order valence-corrected chi connectivity index (χ3v) is 2.86. The molecule has 0 saturated carbocycles. The van der Waals surface area contributed by atoms with Crippen LogP contribution in [0.4, 0.5) is 0 Å². The molecule has 0 N–H and O–H groups in total. The summed E-state index contributed by atoms with van der Waals surface area (Å²) in [5.74, 6) is 0. The van der Waals surface area contributed by atoms with Crippen molar-refractivity contribution < 1.29 is 8.85 Å². The molecule has 0 bridgehead atoms. The molecule has 13 heavy (non-hydrogen) atoms. The van der Waals surface area contributed by atoms with Crippen LogP contribution in [0.25, 0.3) is 6.08 Å². The van der Waals surface area contributed by atoms with Crippen LogP contribution in [-0.4, -0.2) is 23.5 Å². The summed E-state index contributed by atoms with van der Waals surface area (Å²) in [4.78, 5) is 0. The van der Waals surface area contributed by atoms with Crippen molar-refractivity contribution >= 4 is 15.4 Å². The van der Waals surface area contributed by atoms with Crippen molar-refractivity contribution in [3.05, 3.63) is 41.6 Å². The van der Waals surface area contributed by atoms with Gasteiger partial charge in [0.05, 0.1) is 0 Å². The van der Waals surface area contributed by atoms with Gasteiger partial charge in [-0.05, 0) is 11.3 Å². The van der Waals surface area contributed by atoms with Crippen LogP contribution in [0.3, 0.4) is 0 Å². The van der Waals surface area contributed by atoms with Gasteiger partial charge in [-0.15, -0.1) is 0 Å². The predicted molar refractivity (Wildman–Crippen MR) is 55.2 cm³/mol. The van der Waals surface area contributed by atoms with E-state index in [2.05, 4.69) is 0 Å². The van der Waals surface area contributed by atoms with Crippen molar-refractivity contribution in [1.29, 1.82) is 0 Å². The smallest absolute Gasteiger partial charge is 0.394 e. The Hall–Kier alpha value is -0.903. The van der Waals surface area contributed by atoms with Gasteiger partial charge in [0, 0.05) is 14.2 Å². The zero-order valence-electron chi connectivity index (χ0n) is 7.86. The van der Waals surface area contributed by atoms with Gasteiger partial charge in [0.1, 0.15) is 0 Å². The first-order valence-corrected chi connectivity index (χ1v) is 5.44. The largest absolute Gasteiger partial charge is 0.415 e. The Morgan fingerprint density at radius 3 is 2.23 bits per heavy atom. The third-order valence-electron chi connectivity index (χ3n) is 1.61. The van der Waals surface area contributed by atoms with E-state index in [-0.39, 0.29) is 0 Å². The van der Waals surface area contributed by atoms with Crippen molar-refractivity contribution in [2.75, 3.05) is 14.2 Å². The highest BCUT2D eigenvalue weighted by molar-refractivity contribution is 6.51. The van der Waals surface area contributed by atoms with Gasteiger partial charge in [0.15, 0.2) is 0 Å². The van der Waals surface area contributed by atoms with Crippen LogP contribution >= 0.6 is 0 Å². The summed E-state index contributed by atoms with van der Waals surface area (Å²) < 4.78 is 10.2. The van der Waals surface area contributed by atoms with E-state index in [1.165, 1.54) is 5.56 Å². The van der Waals surface area contributed by atoms with Gasteiger partial charge in [-0.3, -0.25) is 0 Å². The number of rotatable bonds is 4. The molecular weight excluding hydrogens is 180 g/mol. The second kappa shape index (κ2) is 5.69. The van der Waals surface area contributed by atoms with E-state index in [4.69, 9.17) is 8.85 Å². The Balaban J connectivity index is 2.57. The van der Waals surface area contributed by atoms with Gasteiger partial charge >= 0.3 is 9.28 Å². The highest BCUT2D eigenvalue weighted by Gasteiger charge is 2.04. The Kier molecular flexibility index (Phi) is 4.46. The Morgan fingerprint density at radius 2 is 1.69 bits per heavy atom. The molecule has 1 aromatic carbocycles. The predicted octanol–water partition coefficient (Wildman–Crippen LogP) is 2.02. The first-order valence-electron chi connectivity index (χ1n) is 4.05. The summed E-state index contributed by atoms with van der Waals surface area (Å²) in [5.41, 5.74) is 3.14. The summed E-state index contributed by atoms with van der Waals surface area (Å²) in [7, 11) is 2.12. The first kappa shape index (κ1) is 10.2. The molecule has 0 atom stereocenters. The summed E-state index contributed by atoms with van der Waals surface area (Å²) in [6.45, 7) is 0. The van der Waals surface area contributed by atoms with Crippen molar-refractivity contribution in [3.63, 3.8) is 0 Å². The lowest BCUT2D eigenvalue weighted by Gasteiger charge is -2.02. The van der Waals surface area contributed by atoms with E-state index >= 15 is 0 Å². The molecule has 2 nitrogen and oxygen atoms in total. The molecule has 0 amide bonds. The monoisotopic (exact) mass is 193 g/mol. The van der Waals surface area contributed by atoms with Gasteiger partial charge in [-0.25, -0.2) is 0 Å². The fourth-order valence-corrected chi connectivity index (χ4v) is 1.72. The van der Waals surface area contributed by atoms with Crippen LogP contribution < -0.4 is 0 Å². The summed E-state index contributed by atoms with van der Waals surface area (Å²) in [6, 6.07) is 10.1. The van der Waals surface area contributed by atoms with Crippen LogP contribution in [0.1, 0.15) is 5.56 Å². The fraction of sp³-hybridized carbons (Fsp3) is 0.200. The van der Waals surface area contributed by atoms with E-state index in [0.717, 1.165) is 0 Å². The second-order valence-corrected chi connectivity index (χ2v) is 4.26. The molecule has 3 heteroatoms. The third kappa shape index (κ3) is 3.54. The number of benzene rings is 1. The van der Waals surface area contributed by atoms with Crippen molar-refractivity contribution in [3.8, 4) is 0 Å². The molecular formula is C10H13O2Si. The lowest BCUT2D eigenvalue weighted by Crippen LogP contribution is -2.15. The van der Waals surface area contributed by atoms with Crippen molar-refractivity contribution in [2.24, 2.45) is 0 Å². The van der Waals surface area contributed by atoms with E-state index in [0.29, 0.717) is 0 Å². The maximum atomic E-state index is 5.11. The Morgan fingerprint density at radius 1 is 1.08 bits per heavy atom. The van der Waals surface area contributed by atoms with Crippen LogP contribution in [-0.2, 0) is 8.85 Å². The Bertz CT molecular complexity index is 255. The first-order chi connectivity index (χ1) is 6.36. The topological polar surface area (TPSA) is 18.5 Å². The molecule has 0 fully saturated rings. The van der Waals surface area contributed by atoms with Crippen LogP contribution in [0.5, 0.6) is 0 Å². The minimum absolute atomic E-state index is 1.17. The van der Waals surface area contributed by atoms with Crippen molar-refractivity contribution in [2.45, 2.75) is 0 Å². The van der Waals surface area contributed by atoms with E-state index in [1.54, 1.807) is 14.2 Å². The van der Waals surface area contributed by atoms with Gasteiger partial charge in [-0.2, -0.15) is 0 Å². The van der Waals surface area contributed by atoms with Gasteiger partial charge in [0.25, 0.3) is 0 Å². The standard InChI is InChI=1S/C10H13O2Si/c1-11-13(12-2)9-8-10-6-4-3-5-7-10/h3-9H,1-2H3/b9-8+. The van der Waals surface area contributed by atoms with Gasteiger partial charge in [0.2, 0.25) is 0 Å². The van der Waals surface area contributed by atoms with E-state index in [1.807, 2.05) is 42.1 Å². The van der Waals surface area contributed by atoms with Gasteiger partial charge in [-0.1, -0.05) is 36.4 Å². The average Bonchev–Trinajstić information content (AvgIpc) is 2.21. The zero-order valence-corrected chi connectivity index (χ0v) is 8.86. The number of hydrogen-bond donors (Lipinski definition) is 0. The molecule has 0 aliphatic heterocycles. The summed E-state index contributed by atoms with van der Waals surface area (Å²) >= 11 is 0. The van der Waals surface area contributed by atoms with Crippen LogP contribution in [0, 0.1) is 0 Å². The molecule has 1 aromatic rings. The minimum Gasteiger partial charge on any atom is -0.394 e. The van der Waals surface area contributed by atoms with Crippen LogP contribution in [0.15, 0.2) is 36.0 Å². The summed E-state index contributed by atoms with van der Waals surface area (Å²) in [6.07, 6.45) is 2.02. The minimum atomic E-state index is -1.20. The molecule has 1 radical (unpaired) electrons. The molecule has 0 aliphatic carbocycles. The molecule has 0 heterocycles. The highest BCUT2D eigenvalue weighted by atomic mass is 28.3. The summed E-state index contributed by atoms with van der Waals surface area (Å²) in [5, 5.41) is 0. The molecule has 1 rings (SSSR count). The second-order valence-electron chi connectivity index (χ2n) is 2.47. The lowest BCUT2D eigenvalue weighted by molar-refractivity contribution is 0.291. The van der Waals surface area contributed by atoms with Crippen LogP contribution in [0.2, 0.25) is 0 Å². The maximum Gasteiger partial charge on any atom is 0.415 e. The molecule has 69 valence electrons. The fourth-order valence-electron chi connectivity index (χ4n) is 0.948. The molecule has 0 aliphatic rings. The number of hydrogen-bond acceptors (Lipinski definition) is 2. The SMILES string of the molecule is CO[Si](/C=C/c1ccccc1)OC. The van der Waals surface area contributed by atoms with E-state index in [9.17, 15) is 0 Å². The maximum absolute atomic E-state index is 5.11. The molecule has 0 unspecified atom stereocenters. The zero-order chi connectivity index (χ0) is 9.52. The van der Waals surface area contributed by atoms with Gasteiger partial charge < -0.3 is 8.85 Å². The quantitative estimate of drug-likeness (QED) is 0.681. The molecule has 0 spiro atoms.